The maximum atomic E-state index is 12.8. The smallest absolute Gasteiger partial charge is 0.245 e. The SMILES string of the molecule is CCCN(CC(=O)Nc1cc(C(C)(C)C)nn1-c1ccc(Cl)c(Cl)c1)C(=O)C1CC1. The van der Waals surface area contributed by atoms with Gasteiger partial charge in [-0.3, -0.25) is 9.59 Å². The van der Waals surface area contributed by atoms with Crippen LogP contribution in [0.15, 0.2) is 24.3 Å². The van der Waals surface area contributed by atoms with Gasteiger partial charge in [-0.2, -0.15) is 5.10 Å². The summed E-state index contributed by atoms with van der Waals surface area (Å²) in [7, 11) is 0. The van der Waals surface area contributed by atoms with Crippen molar-refractivity contribution in [3.05, 3.63) is 40.0 Å². The lowest BCUT2D eigenvalue weighted by Crippen LogP contribution is -2.39. The highest BCUT2D eigenvalue weighted by Gasteiger charge is 2.34. The summed E-state index contributed by atoms with van der Waals surface area (Å²) < 4.78 is 1.65. The topological polar surface area (TPSA) is 67.2 Å². The minimum Gasteiger partial charge on any atom is -0.333 e. The molecular formula is C22H28Cl2N4O2. The molecule has 1 N–H and O–H groups in total. The highest BCUT2D eigenvalue weighted by Crippen LogP contribution is 2.31. The Morgan fingerprint density at radius 1 is 1.20 bits per heavy atom. The summed E-state index contributed by atoms with van der Waals surface area (Å²) in [6, 6.07) is 7.05. The largest absolute Gasteiger partial charge is 0.333 e. The van der Waals surface area contributed by atoms with Gasteiger partial charge in [0.15, 0.2) is 0 Å². The third-order valence-corrected chi connectivity index (χ3v) is 5.70. The highest BCUT2D eigenvalue weighted by molar-refractivity contribution is 6.42. The van der Waals surface area contributed by atoms with Crippen LogP contribution in [-0.4, -0.2) is 39.6 Å². The number of halogens is 2. The van der Waals surface area contributed by atoms with Gasteiger partial charge in [-0.15, -0.1) is 0 Å². The van der Waals surface area contributed by atoms with Crippen molar-refractivity contribution in [2.45, 2.75) is 52.4 Å². The minimum atomic E-state index is -0.251. The number of rotatable bonds is 7. The van der Waals surface area contributed by atoms with Crippen LogP contribution in [0.5, 0.6) is 0 Å². The van der Waals surface area contributed by atoms with Gasteiger partial charge in [0, 0.05) is 23.9 Å². The van der Waals surface area contributed by atoms with Gasteiger partial charge in [-0.25, -0.2) is 4.68 Å². The van der Waals surface area contributed by atoms with E-state index in [1.807, 2.05) is 13.0 Å². The van der Waals surface area contributed by atoms with Crippen LogP contribution in [-0.2, 0) is 15.0 Å². The standard InChI is InChI=1S/C22H28Cl2N4O2/c1-5-10-27(21(30)14-6-7-14)13-20(29)25-19-12-18(22(2,3)4)26-28(19)15-8-9-16(23)17(24)11-15/h8-9,11-12,14H,5-7,10,13H2,1-4H3,(H,25,29). The van der Waals surface area contributed by atoms with Crippen LogP contribution in [0.25, 0.3) is 5.69 Å². The molecule has 0 unspecified atom stereocenters. The van der Waals surface area contributed by atoms with E-state index in [0.717, 1.165) is 25.0 Å². The van der Waals surface area contributed by atoms with Crippen LogP contribution in [0, 0.1) is 5.92 Å². The second-order valence-electron chi connectivity index (χ2n) is 8.76. The van der Waals surface area contributed by atoms with Crippen molar-refractivity contribution >= 4 is 40.8 Å². The van der Waals surface area contributed by atoms with E-state index in [1.54, 1.807) is 27.8 Å². The summed E-state index contributed by atoms with van der Waals surface area (Å²) in [5, 5.41) is 8.47. The molecule has 0 aliphatic heterocycles. The van der Waals surface area contributed by atoms with Crippen LogP contribution in [0.1, 0.15) is 52.7 Å². The van der Waals surface area contributed by atoms with Crippen molar-refractivity contribution in [3.63, 3.8) is 0 Å². The number of nitrogens with one attached hydrogen (secondary N) is 1. The van der Waals surface area contributed by atoms with Crippen LogP contribution in [0.2, 0.25) is 10.0 Å². The number of anilines is 1. The molecule has 1 saturated carbocycles. The van der Waals surface area contributed by atoms with Gasteiger partial charge in [0.05, 0.1) is 28.0 Å². The van der Waals surface area contributed by atoms with Crippen molar-refractivity contribution in [1.82, 2.24) is 14.7 Å². The van der Waals surface area contributed by atoms with E-state index in [1.165, 1.54) is 0 Å². The molecule has 0 saturated heterocycles. The second-order valence-corrected chi connectivity index (χ2v) is 9.57. The fraction of sp³-hybridized carbons (Fsp3) is 0.500. The number of carbonyl (C=O) groups is 2. The predicted molar refractivity (Wildman–Crippen MR) is 121 cm³/mol. The first kappa shape index (κ1) is 22.6. The van der Waals surface area contributed by atoms with Crippen LogP contribution in [0.3, 0.4) is 0 Å². The molecule has 1 fully saturated rings. The van der Waals surface area contributed by atoms with E-state index in [0.29, 0.717) is 28.1 Å². The van der Waals surface area contributed by atoms with Crippen molar-refractivity contribution in [1.29, 1.82) is 0 Å². The summed E-state index contributed by atoms with van der Waals surface area (Å²) >= 11 is 12.2. The highest BCUT2D eigenvalue weighted by atomic mass is 35.5. The molecule has 1 aliphatic carbocycles. The number of hydrogen-bond donors (Lipinski definition) is 1. The summed E-state index contributed by atoms with van der Waals surface area (Å²) in [6.45, 7) is 8.76. The van der Waals surface area contributed by atoms with E-state index in [2.05, 4.69) is 31.2 Å². The molecule has 162 valence electrons. The number of hydrogen-bond acceptors (Lipinski definition) is 3. The molecule has 0 spiro atoms. The average molecular weight is 451 g/mol. The Hall–Kier alpha value is -2.05. The Labute approximate surface area is 187 Å². The molecular weight excluding hydrogens is 423 g/mol. The van der Waals surface area contributed by atoms with E-state index < -0.39 is 0 Å². The van der Waals surface area contributed by atoms with Crippen molar-refractivity contribution in [2.75, 3.05) is 18.4 Å². The molecule has 0 atom stereocenters. The molecule has 1 aliphatic rings. The quantitative estimate of drug-likeness (QED) is 0.640. The zero-order valence-corrected chi connectivity index (χ0v) is 19.3. The van der Waals surface area contributed by atoms with Gasteiger partial charge in [-0.1, -0.05) is 50.9 Å². The molecule has 2 aromatic rings. The number of benzene rings is 1. The van der Waals surface area contributed by atoms with Crippen LogP contribution < -0.4 is 5.32 Å². The molecule has 6 nitrogen and oxygen atoms in total. The Bertz CT molecular complexity index is 945. The zero-order valence-electron chi connectivity index (χ0n) is 17.8. The van der Waals surface area contributed by atoms with Gasteiger partial charge in [0.1, 0.15) is 5.82 Å². The molecule has 2 amide bonds. The van der Waals surface area contributed by atoms with Gasteiger partial charge >= 0.3 is 0 Å². The third-order valence-electron chi connectivity index (χ3n) is 4.96. The number of nitrogens with zero attached hydrogens (tertiary/aromatic N) is 3. The van der Waals surface area contributed by atoms with E-state index >= 15 is 0 Å². The summed E-state index contributed by atoms with van der Waals surface area (Å²) in [5.74, 6) is 0.428. The normalized spacial score (nSPS) is 13.9. The summed E-state index contributed by atoms with van der Waals surface area (Å²) in [6.07, 6.45) is 2.64. The first-order valence-corrected chi connectivity index (χ1v) is 11.0. The van der Waals surface area contributed by atoms with Crippen LogP contribution >= 0.6 is 23.2 Å². The van der Waals surface area contributed by atoms with Gasteiger partial charge < -0.3 is 10.2 Å². The molecule has 1 aromatic heterocycles. The Balaban J connectivity index is 1.86. The third kappa shape index (κ3) is 5.35. The van der Waals surface area contributed by atoms with Crippen molar-refractivity contribution in [2.24, 2.45) is 5.92 Å². The molecule has 0 radical (unpaired) electrons. The monoisotopic (exact) mass is 450 g/mol. The van der Waals surface area contributed by atoms with Gasteiger partial charge in [-0.05, 0) is 37.5 Å². The lowest BCUT2D eigenvalue weighted by molar-refractivity contribution is -0.135. The maximum absolute atomic E-state index is 12.8. The fourth-order valence-corrected chi connectivity index (χ4v) is 3.42. The zero-order chi connectivity index (χ0) is 22.1. The lowest BCUT2D eigenvalue weighted by atomic mass is 9.92. The first-order chi connectivity index (χ1) is 14.1. The molecule has 0 bridgehead atoms. The molecule has 3 rings (SSSR count). The molecule has 8 heteroatoms. The van der Waals surface area contributed by atoms with Gasteiger partial charge in [0.2, 0.25) is 11.8 Å². The van der Waals surface area contributed by atoms with Gasteiger partial charge in [0.25, 0.3) is 0 Å². The number of carbonyl (C=O) groups excluding carboxylic acids is 2. The fourth-order valence-electron chi connectivity index (χ4n) is 3.13. The number of aromatic nitrogens is 2. The Morgan fingerprint density at radius 2 is 1.90 bits per heavy atom. The minimum absolute atomic E-state index is 0.0284. The van der Waals surface area contributed by atoms with E-state index in [9.17, 15) is 9.59 Å². The summed E-state index contributed by atoms with van der Waals surface area (Å²) in [4.78, 5) is 26.9. The van der Waals surface area contributed by atoms with Crippen molar-refractivity contribution < 1.29 is 9.59 Å². The van der Waals surface area contributed by atoms with E-state index in [4.69, 9.17) is 23.2 Å². The van der Waals surface area contributed by atoms with Crippen LogP contribution in [0.4, 0.5) is 5.82 Å². The maximum Gasteiger partial charge on any atom is 0.245 e. The Kier molecular flexibility index (Phi) is 6.78. The lowest BCUT2D eigenvalue weighted by Gasteiger charge is -2.21. The molecule has 1 aromatic carbocycles. The molecule has 1 heterocycles. The second kappa shape index (κ2) is 8.98. The molecule has 30 heavy (non-hydrogen) atoms. The Morgan fingerprint density at radius 3 is 2.47 bits per heavy atom. The van der Waals surface area contributed by atoms with E-state index in [-0.39, 0.29) is 29.7 Å². The first-order valence-electron chi connectivity index (χ1n) is 10.2. The number of amides is 2. The summed E-state index contributed by atoms with van der Waals surface area (Å²) in [5.41, 5.74) is 1.30. The predicted octanol–water partition coefficient (Wildman–Crippen LogP) is 5.06. The average Bonchev–Trinajstić information content (AvgIpc) is 3.42. The van der Waals surface area contributed by atoms with Crippen molar-refractivity contribution in [3.8, 4) is 5.69 Å².